The second-order valence-electron chi connectivity index (χ2n) is 5.24. The Bertz CT molecular complexity index is 408. The van der Waals surface area contributed by atoms with Crippen molar-refractivity contribution in [1.29, 1.82) is 0 Å². The molecule has 0 saturated carbocycles. The largest absolute Gasteiger partial charge is 0.513 e. The first kappa shape index (κ1) is 14.6. The zero-order valence-corrected chi connectivity index (χ0v) is 11.8. The number of hydrogen-bond acceptors (Lipinski definition) is 3. The van der Waals surface area contributed by atoms with Crippen molar-refractivity contribution < 1.29 is 14.3 Å². The van der Waals surface area contributed by atoms with Crippen molar-refractivity contribution in [2.24, 2.45) is 5.92 Å². The Kier molecular flexibility index (Phi) is 5.20. The molecule has 0 amide bonds. The zero-order valence-electron chi connectivity index (χ0n) is 11.8. The molecule has 3 heteroatoms. The van der Waals surface area contributed by atoms with E-state index in [4.69, 9.17) is 9.47 Å². The molecular formula is C15H22O3. The van der Waals surface area contributed by atoms with Crippen molar-refractivity contribution >= 4 is 6.16 Å². The topological polar surface area (TPSA) is 35.5 Å². The third-order valence-corrected chi connectivity index (χ3v) is 2.61. The summed E-state index contributed by atoms with van der Waals surface area (Å²) in [6, 6.07) is 5.91. The van der Waals surface area contributed by atoms with Crippen molar-refractivity contribution in [2.75, 3.05) is 6.61 Å². The lowest BCUT2D eigenvalue weighted by Gasteiger charge is -2.12. The van der Waals surface area contributed by atoms with Crippen LogP contribution in [0.15, 0.2) is 18.2 Å². The summed E-state index contributed by atoms with van der Waals surface area (Å²) in [7, 11) is 0. The van der Waals surface area contributed by atoms with Gasteiger partial charge in [-0.05, 0) is 36.0 Å². The third kappa shape index (κ3) is 4.40. The maximum Gasteiger partial charge on any atom is 0.513 e. The Labute approximate surface area is 109 Å². The van der Waals surface area contributed by atoms with Crippen LogP contribution in [0.1, 0.15) is 44.7 Å². The Morgan fingerprint density at radius 1 is 1.22 bits per heavy atom. The summed E-state index contributed by atoms with van der Waals surface area (Å²) < 4.78 is 10.2. The molecule has 0 unspecified atom stereocenters. The van der Waals surface area contributed by atoms with Crippen molar-refractivity contribution in [3.8, 4) is 5.75 Å². The summed E-state index contributed by atoms with van der Waals surface area (Å²) in [4.78, 5) is 11.5. The molecule has 18 heavy (non-hydrogen) atoms. The first-order valence-corrected chi connectivity index (χ1v) is 6.35. The van der Waals surface area contributed by atoms with Gasteiger partial charge in [-0.15, -0.1) is 0 Å². The van der Waals surface area contributed by atoms with Crippen LogP contribution >= 0.6 is 0 Å². The fourth-order valence-electron chi connectivity index (χ4n) is 1.44. The van der Waals surface area contributed by atoms with Gasteiger partial charge in [0, 0.05) is 0 Å². The van der Waals surface area contributed by atoms with Crippen LogP contribution < -0.4 is 4.74 Å². The van der Waals surface area contributed by atoms with Gasteiger partial charge in [-0.1, -0.05) is 39.8 Å². The Morgan fingerprint density at radius 3 is 2.44 bits per heavy atom. The highest BCUT2D eigenvalue weighted by molar-refractivity contribution is 5.64. The van der Waals surface area contributed by atoms with Gasteiger partial charge in [0.25, 0.3) is 0 Å². The van der Waals surface area contributed by atoms with E-state index in [1.807, 2.05) is 39.0 Å². The molecule has 1 rings (SSSR count). The molecule has 0 aliphatic rings. The molecule has 0 atom stereocenters. The molecule has 0 saturated heterocycles. The van der Waals surface area contributed by atoms with Gasteiger partial charge < -0.3 is 9.47 Å². The number of benzene rings is 1. The number of carbonyl (C=O) groups excluding carboxylic acids is 1. The normalized spacial score (nSPS) is 10.8. The summed E-state index contributed by atoms with van der Waals surface area (Å²) >= 11 is 0. The second kappa shape index (κ2) is 6.43. The van der Waals surface area contributed by atoms with Crippen molar-refractivity contribution in [1.82, 2.24) is 0 Å². The highest BCUT2D eigenvalue weighted by Crippen LogP contribution is 2.24. The molecule has 0 fully saturated rings. The van der Waals surface area contributed by atoms with Crippen LogP contribution in [-0.4, -0.2) is 12.8 Å². The quantitative estimate of drug-likeness (QED) is 0.590. The molecule has 0 spiro atoms. The molecule has 0 aromatic heterocycles. The predicted octanol–water partition coefficient (Wildman–Crippen LogP) is 4.29. The number of hydrogen-bond donors (Lipinski definition) is 0. The summed E-state index contributed by atoms with van der Waals surface area (Å²) in [6.45, 7) is 10.5. The van der Waals surface area contributed by atoms with Gasteiger partial charge in [0.2, 0.25) is 0 Å². The Morgan fingerprint density at radius 2 is 1.89 bits per heavy atom. The number of ether oxygens (including phenoxy) is 2. The van der Waals surface area contributed by atoms with Gasteiger partial charge in [-0.25, -0.2) is 4.79 Å². The maximum atomic E-state index is 11.5. The van der Waals surface area contributed by atoms with E-state index in [9.17, 15) is 4.79 Å². The van der Waals surface area contributed by atoms with Gasteiger partial charge >= 0.3 is 6.16 Å². The fourth-order valence-corrected chi connectivity index (χ4v) is 1.44. The van der Waals surface area contributed by atoms with E-state index in [2.05, 4.69) is 13.8 Å². The first-order chi connectivity index (χ1) is 8.40. The minimum Gasteiger partial charge on any atom is -0.434 e. The van der Waals surface area contributed by atoms with Crippen molar-refractivity contribution in [3.05, 3.63) is 29.3 Å². The maximum absolute atomic E-state index is 11.5. The second-order valence-corrected chi connectivity index (χ2v) is 5.24. The van der Waals surface area contributed by atoms with E-state index in [-0.39, 0.29) is 0 Å². The lowest BCUT2D eigenvalue weighted by molar-refractivity contribution is 0.0883. The molecule has 0 bridgehead atoms. The molecule has 0 aliphatic heterocycles. The van der Waals surface area contributed by atoms with E-state index < -0.39 is 6.16 Å². The molecule has 100 valence electrons. The molecule has 1 aromatic carbocycles. The minimum atomic E-state index is -0.632. The highest BCUT2D eigenvalue weighted by Gasteiger charge is 2.11. The number of aryl methyl sites for hydroxylation is 1. The summed E-state index contributed by atoms with van der Waals surface area (Å²) in [6.07, 6.45) is -0.632. The summed E-state index contributed by atoms with van der Waals surface area (Å²) in [5, 5.41) is 0. The Balaban J connectivity index is 2.71. The molecule has 0 N–H and O–H groups in total. The highest BCUT2D eigenvalue weighted by atomic mass is 16.7. The number of carbonyl (C=O) groups is 1. The van der Waals surface area contributed by atoms with E-state index >= 15 is 0 Å². The van der Waals surface area contributed by atoms with Crippen LogP contribution in [0.5, 0.6) is 5.75 Å². The zero-order chi connectivity index (χ0) is 13.7. The van der Waals surface area contributed by atoms with Gasteiger partial charge in [0.1, 0.15) is 5.75 Å². The van der Waals surface area contributed by atoms with Crippen LogP contribution in [0.4, 0.5) is 4.79 Å². The van der Waals surface area contributed by atoms with Crippen LogP contribution in [0, 0.1) is 12.8 Å². The van der Waals surface area contributed by atoms with Gasteiger partial charge in [-0.3, -0.25) is 0 Å². The summed E-state index contributed by atoms with van der Waals surface area (Å²) in [5.41, 5.74) is 2.08. The van der Waals surface area contributed by atoms with E-state index in [0.717, 1.165) is 11.1 Å². The van der Waals surface area contributed by atoms with Crippen LogP contribution in [0.25, 0.3) is 0 Å². The predicted molar refractivity (Wildman–Crippen MR) is 72.1 cm³/mol. The molecular weight excluding hydrogens is 228 g/mol. The van der Waals surface area contributed by atoms with Crippen molar-refractivity contribution in [2.45, 2.75) is 40.5 Å². The average Bonchev–Trinajstić information content (AvgIpc) is 2.29. The first-order valence-electron chi connectivity index (χ1n) is 6.35. The standard InChI is InChI=1S/C15H22O3/c1-10(2)9-17-15(16)18-14-8-13(11(3)4)7-6-12(14)5/h6-8,10-11H,9H2,1-5H3. The van der Waals surface area contributed by atoms with E-state index in [0.29, 0.717) is 24.2 Å². The fraction of sp³-hybridized carbons (Fsp3) is 0.533. The monoisotopic (exact) mass is 250 g/mol. The minimum absolute atomic E-state index is 0.306. The SMILES string of the molecule is Cc1ccc(C(C)C)cc1OC(=O)OCC(C)C. The third-order valence-electron chi connectivity index (χ3n) is 2.61. The Hall–Kier alpha value is -1.51. The molecule has 0 radical (unpaired) electrons. The lowest BCUT2D eigenvalue weighted by atomic mass is 10.0. The molecule has 1 aromatic rings. The number of rotatable bonds is 4. The van der Waals surface area contributed by atoms with Crippen molar-refractivity contribution in [3.63, 3.8) is 0 Å². The molecule has 0 aliphatic carbocycles. The smallest absolute Gasteiger partial charge is 0.434 e. The van der Waals surface area contributed by atoms with Gasteiger partial charge in [-0.2, -0.15) is 0 Å². The summed E-state index contributed by atoms with van der Waals surface area (Å²) in [5.74, 6) is 1.29. The van der Waals surface area contributed by atoms with E-state index in [1.54, 1.807) is 0 Å². The average molecular weight is 250 g/mol. The molecule has 3 nitrogen and oxygen atoms in total. The lowest BCUT2D eigenvalue weighted by Crippen LogP contribution is -2.14. The van der Waals surface area contributed by atoms with Gasteiger partial charge in [0.05, 0.1) is 6.61 Å². The van der Waals surface area contributed by atoms with Gasteiger partial charge in [0.15, 0.2) is 0 Å². The van der Waals surface area contributed by atoms with E-state index in [1.165, 1.54) is 0 Å². The van der Waals surface area contributed by atoms with Crippen LogP contribution in [0.2, 0.25) is 0 Å². The van der Waals surface area contributed by atoms with Crippen LogP contribution in [-0.2, 0) is 4.74 Å². The molecule has 0 heterocycles. The van der Waals surface area contributed by atoms with Crippen LogP contribution in [0.3, 0.4) is 0 Å².